The Morgan fingerprint density at radius 2 is 2.29 bits per heavy atom. The summed E-state index contributed by atoms with van der Waals surface area (Å²) >= 11 is 0. The molecule has 3 unspecified atom stereocenters. The van der Waals surface area contributed by atoms with E-state index in [1.807, 2.05) is 6.92 Å². The minimum Gasteiger partial charge on any atom is -0.396 e. The predicted molar refractivity (Wildman–Crippen MR) is 57.1 cm³/mol. The molecular formula is C11H23NO2. The first-order chi connectivity index (χ1) is 6.67. The van der Waals surface area contributed by atoms with Crippen molar-refractivity contribution in [1.82, 2.24) is 0 Å². The Labute approximate surface area is 86.6 Å². The van der Waals surface area contributed by atoms with E-state index in [1.165, 1.54) is 12.8 Å². The number of aliphatic hydroxyl groups excluding tert-OH is 1. The number of nitrogens with two attached hydrogens (primary N) is 1. The molecule has 0 aromatic rings. The van der Waals surface area contributed by atoms with Gasteiger partial charge >= 0.3 is 0 Å². The van der Waals surface area contributed by atoms with E-state index in [0.29, 0.717) is 0 Å². The molecule has 0 bridgehead atoms. The molecule has 1 fully saturated rings. The molecule has 0 saturated heterocycles. The van der Waals surface area contributed by atoms with Crippen LogP contribution < -0.4 is 5.73 Å². The zero-order valence-corrected chi connectivity index (χ0v) is 9.33. The fourth-order valence-electron chi connectivity index (χ4n) is 2.83. The summed E-state index contributed by atoms with van der Waals surface area (Å²) in [6.07, 6.45) is 5.59. The average Bonchev–Trinajstić information content (AvgIpc) is 2.18. The van der Waals surface area contributed by atoms with Crippen LogP contribution in [0.4, 0.5) is 0 Å². The summed E-state index contributed by atoms with van der Waals surface area (Å²) in [6.45, 7) is 2.24. The maximum Gasteiger partial charge on any atom is 0.0643 e. The molecule has 0 heterocycles. The maximum absolute atomic E-state index is 9.13. The second-order valence-corrected chi connectivity index (χ2v) is 4.47. The lowest BCUT2D eigenvalue weighted by Gasteiger charge is -2.46. The molecule has 3 atom stereocenters. The molecule has 1 aliphatic carbocycles. The molecule has 0 aliphatic heterocycles. The summed E-state index contributed by atoms with van der Waals surface area (Å²) in [6, 6.07) is 0.0971. The summed E-state index contributed by atoms with van der Waals surface area (Å²) in [5.41, 5.74) is 6.06. The van der Waals surface area contributed by atoms with Crippen molar-refractivity contribution < 1.29 is 9.84 Å². The zero-order chi connectivity index (χ0) is 10.6. The number of hydrogen-bond donors (Lipinski definition) is 2. The van der Waals surface area contributed by atoms with E-state index < -0.39 is 0 Å². The first kappa shape index (κ1) is 12.0. The molecule has 1 saturated carbocycles. The molecule has 0 amide bonds. The second kappa shape index (κ2) is 5.10. The molecule has 1 aliphatic rings. The molecule has 3 N–H and O–H groups in total. The summed E-state index contributed by atoms with van der Waals surface area (Å²) in [7, 11) is 1.75. The topological polar surface area (TPSA) is 55.5 Å². The first-order valence-electron chi connectivity index (χ1n) is 5.56. The third kappa shape index (κ3) is 2.10. The molecule has 84 valence electrons. The van der Waals surface area contributed by atoms with Crippen molar-refractivity contribution in [3.63, 3.8) is 0 Å². The van der Waals surface area contributed by atoms with E-state index in [-0.39, 0.29) is 24.2 Å². The number of methoxy groups -OCH3 is 1. The Bertz CT molecular complexity index is 169. The van der Waals surface area contributed by atoms with Gasteiger partial charge in [0.15, 0.2) is 0 Å². The predicted octanol–water partition coefficient (Wildman–Crippen LogP) is 1.29. The van der Waals surface area contributed by atoms with Crippen LogP contribution in [0.15, 0.2) is 0 Å². The highest BCUT2D eigenvalue weighted by Crippen LogP contribution is 2.42. The Hall–Kier alpha value is -0.120. The lowest BCUT2D eigenvalue weighted by molar-refractivity contribution is -0.0661. The van der Waals surface area contributed by atoms with Crippen molar-refractivity contribution >= 4 is 0 Å². The lowest BCUT2D eigenvalue weighted by atomic mass is 9.65. The molecule has 1 rings (SSSR count). The van der Waals surface area contributed by atoms with Gasteiger partial charge in [0.1, 0.15) is 0 Å². The normalized spacial score (nSPS) is 35.6. The molecule has 3 heteroatoms. The minimum absolute atomic E-state index is 0.00174. The van der Waals surface area contributed by atoms with Gasteiger partial charge in [0, 0.05) is 25.2 Å². The van der Waals surface area contributed by atoms with Crippen molar-refractivity contribution in [1.29, 1.82) is 0 Å². The highest BCUT2D eigenvalue weighted by atomic mass is 16.5. The third-order valence-electron chi connectivity index (χ3n) is 3.77. The van der Waals surface area contributed by atoms with E-state index in [1.54, 1.807) is 7.11 Å². The van der Waals surface area contributed by atoms with Crippen molar-refractivity contribution in [3.8, 4) is 0 Å². The number of ether oxygens (including phenoxy) is 1. The van der Waals surface area contributed by atoms with Gasteiger partial charge in [0.05, 0.1) is 6.10 Å². The summed E-state index contributed by atoms with van der Waals surface area (Å²) < 4.78 is 5.53. The minimum atomic E-state index is 0.00174. The molecule has 0 radical (unpaired) electrons. The molecule has 0 spiro atoms. The van der Waals surface area contributed by atoms with Gasteiger partial charge in [-0.15, -0.1) is 0 Å². The Kier molecular flexibility index (Phi) is 4.35. The van der Waals surface area contributed by atoms with Gasteiger partial charge in [-0.2, -0.15) is 0 Å². The van der Waals surface area contributed by atoms with Crippen LogP contribution in [0.2, 0.25) is 0 Å². The van der Waals surface area contributed by atoms with Crippen LogP contribution in [0.5, 0.6) is 0 Å². The van der Waals surface area contributed by atoms with E-state index >= 15 is 0 Å². The zero-order valence-electron chi connectivity index (χ0n) is 9.33. The lowest BCUT2D eigenvalue weighted by Crippen LogP contribution is -2.51. The van der Waals surface area contributed by atoms with Gasteiger partial charge in [-0.3, -0.25) is 0 Å². The quantitative estimate of drug-likeness (QED) is 0.720. The van der Waals surface area contributed by atoms with Crippen molar-refractivity contribution in [2.75, 3.05) is 13.7 Å². The average molecular weight is 201 g/mol. The summed E-state index contributed by atoms with van der Waals surface area (Å²) in [5.74, 6) is 0. The van der Waals surface area contributed by atoms with E-state index in [2.05, 4.69) is 0 Å². The van der Waals surface area contributed by atoms with E-state index in [0.717, 1.165) is 19.3 Å². The largest absolute Gasteiger partial charge is 0.396 e. The van der Waals surface area contributed by atoms with Crippen LogP contribution in [0.1, 0.15) is 39.0 Å². The van der Waals surface area contributed by atoms with Crippen molar-refractivity contribution in [2.24, 2.45) is 11.1 Å². The fourth-order valence-corrected chi connectivity index (χ4v) is 2.83. The molecule has 3 nitrogen and oxygen atoms in total. The summed E-state index contributed by atoms with van der Waals surface area (Å²) in [4.78, 5) is 0. The number of hydrogen-bond acceptors (Lipinski definition) is 3. The fraction of sp³-hybridized carbons (Fsp3) is 1.00. The van der Waals surface area contributed by atoms with Crippen molar-refractivity contribution in [3.05, 3.63) is 0 Å². The van der Waals surface area contributed by atoms with Crippen LogP contribution in [0.25, 0.3) is 0 Å². The van der Waals surface area contributed by atoms with Crippen LogP contribution >= 0.6 is 0 Å². The number of rotatable bonds is 4. The molecule has 0 aromatic carbocycles. The van der Waals surface area contributed by atoms with Gasteiger partial charge in [-0.05, 0) is 26.2 Å². The molecular weight excluding hydrogens is 178 g/mol. The van der Waals surface area contributed by atoms with Crippen LogP contribution in [-0.4, -0.2) is 31.0 Å². The molecule has 14 heavy (non-hydrogen) atoms. The molecule has 0 aromatic heterocycles. The monoisotopic (exact) mass is 201 g/mol. The van der Waals surface area contributed by atoms with Gasteiger partial charge in [0.2, 0.25) is 0 Å². The van der Waals surface area contributed by atoms with E-state index in [9.17, 15) is 0 Å². The SMILES string of the molecule is COC1CCCCC1(CCO)C(C)N. The third-order valence-corrected chi connectivity index (χ3v) is 3.77. The highest BCUT2D eigenvalue weighted by Gasteiger charge is 2.43. The second-order valence-electron chi connectivity index (χ2n) is 4.47. The maximum atomic E-state index is 9.13. The van der Waals surface area contributed by atoms with Crippen LogP contribution in [-0.2, 0) is 4.74 Å². The van der Waals surface area contributed by atoms with Crippen LogP contribution in [0, 0.1) is 5.41 Å². The Balaban J connectivity index is 2.79. The summed E-state index contributed by atoms with van der Waals surface area (Å²) in [5, 5.41) is 9.13. The van der Waals surface area contributed by atoms with E-state index in [4.69, 9.17) is 15.6 Å². The first-order valence-corrected chi connectivity index (χ1v) is 5.56. The van der Waals surface area contributed by atoms with Gasteiger partial charge in [-0.25, -0.2) is 0 Å². The Morgan fingerprint density at radius 1 is 1.57 bits per heavy atom. The van der Waals surface area contributed by atoms with Crippen molar-refractivity contribution in [2.45, 2.75) is 51.2 Å². The highest BCUT2D eigenvalue weighted by molar-refractivity contribution is 4.96. The standard InChI is InChI=1S/C11H23NO2/c1-9(12)11(7-8-13)6-4-3-5-10(11)14-2/h9-10,13H,3-8,12H2,1-2H3. The van der Waals surface area contributed by atoms with Crippen LogP contribution in [0.3, 0.4) is 0 Å². The van der Waals surface area contributed by atoms with Gasteiger partial charge in [-0.1, -0.05) is 12.8 Å². The Morgan fingerprint density at radius 3 is 2.79 bits per heavy atom. The van der Waals surface area contributed by atoms with Gasteiger partial charge < -0.3 is 15.6 Å². The smallest absolute Gasteiger partial charge is 0.0643 e. The number of aliphatic hydroxyl groups is 1. The van der Waals surface area contributed by atoms with Gasteiger partial charge in [0.25, 0.3) is 0 Å².